The molecule has 3 aromatic rings. The van der Waals surface area contributed by atoms with Gasteiger partial charge in [0.1, 0.15) is 17.1 Å². The number of rotatable bonds is 4. The minimum absolute atomic E-state index is 0.0200. The van der Waals surface area contributed by atoms with E-state index >= 15 is 0 Å². The van der Waals surface area contributed by atoms with Crippen molar-refractivity contribution < 1.29 is 9.18 Å². The molecule has 0 aliphatic heterocycles. The normalized spacial score (nSPS) is 11.0. The van der Waals surface area contributed by atoms with E-state index < -0.39 is 17.4 Å². The fraction of sp³-hybridized carbons (Fsp3) is 0.188. The number of nitrogens with one attached hydrogen (secondary N) is 1. The molecule has 2 aromatic heterocycles. The van der Waals surface area contributed by atoms with Crippen LogP contribution in [-0.2, 0) is 17.9 Å². The second kappa shape index (κ2) is 6.93. The SMILES string of the molecule is CCn1c(=O)c2sccc2n(CC(=O)Nc2ccc(Br)cc2F)c1=O. The van der Waals surface area contributed by atoms with Gasteiger partial charge in [0.05, 0.1) is 11.2 Å². The van der Waals surface area contributed by atoms with E-state index in [0.29, 0.717) is 14.7 Å². The highest BCUT2D eigenvalue weighted by atomic mass is 79.9. The van der Waals surface area contributed by atoms with E-state index in [2.05, 4.69) is 21.2 Å². The number of anilines is 1. The highest BCUT2D eigenvalue weighted by Gasteiger charge is 2.16. The Morgan fingerprint density at radius 3 is 2.72 bits per heavy atom. The molecule has 1 aromatic carbocycles. The highest BCUT2D eigenvalue weighted by molar-refractivity contribution is 9.10. The molecule has 0 spiro atoms. The molecular formula is C16H13BrFN3O3S. The first-order valence-electron chi connectivity index (χ1n) is 7.38. The Hall–Kier alpha value is -2.26. The van der Waals surface area contributed by atoms with Crippen LogP contribution in [0.2, 0.25) is 0 Å². The van der Waals surface area contributed by atoms with Gasteiger partial charge in [0.25, 0.3) is 5.56 Å². The third-order valence-electron chi connectivity index (χ3n) is 3.66. The third kappa shape index (κ3) is 3.29. The second-order valence-electron chi connectivity index (χ2n) is 5.23. The van der Waals surface area contributed by atoms with Gasteiger partial charge in [-0.05, 0) is 36.6 Å². The molecule has 0 saturated carbocycles. The highest BCUT2D eigenvalue weighted by Crippen LogP contribution is 2.20. The van der Waals surface area contributed by atoms with Gasteiger partial charge >= 0.3 is 5.69 Å². The number of aromatic nitrogens is 2. The molecule has 0 atom stereocenters. The molecule has 0 bridgehead atoms. The Kier molecular flexibility index (Phi) is 4.87. The zero-order chi connectivity index (χ0) is 18.1. The van der Waals surface area contributed by atoms with Crippen LogP contribution in [0.25, 0.3) is 10.2 Å². The largest absolute Gasteiger partial charge is 0.331 e. The van der Waals surface area contributed by atoms with Crippen molar-refractivity contribution in [1.29, 1.82) is 0 Å². The lowest BCUT2D eigenvalue weighted by Gasteiger charge is -2.11. The maximum Gasteiger partial charge on any atom is 0.331 e. The quantitative estimate of drug-likeness (QED) is 0.698. The number of halogens is 2. The Labute approximate surface area is 153 Å². The van der Waals surface area contributed by atoms with Gasteiger partial charge in [-0.25, -0.2) is 9.18 Å². The summed E-state index contributed by atoms with van der Waals surface area (Å²) in [6.07, 6.45) is 0. The molecule has 1 N–H and O–H groups in total. The summed E-state index contributed by atoms with van der Waals surface area (Å²) < 4.78 is 17.1. The summed E-state index contributed by atoms with van der Waals surface area (Å²) in [4.78, 5) is 37.0. The van der Waals surface area contributed by atoms with E-state index in [1.807, 2.05) is 0 Å². The van der Waals surface area contributed by atoms with Crippen LogP contribution in [0, 0.1) is 5.82 Å². The molecule has 25 heavy (non-hydrogen) atoms. The minimum atomic E-state index is -0.589. The fourth-order valence-electron chi connectivity index (χ4n) is 2.49. The van der Waals surface area contributed by atoms with Gasteiger partial charge in [-0.1, -0.05) is 15.9 Å². The summed E-state index contributed by atoms with van der Waals surface area (Å²) in [6.45, 7) is 1.57. The van der Waals surface area contributed by atoms with E-state index in [4.69, 9.17) is 0 Å². The summed E-state index contributed by atoms with van der Waals surface area (Å²) >= 11 is 4.35. The number of fused-ring (bicyclic) bond motifs is 1. The first-order chi connectivity index (χ1) is 11.9. The van der Waals surface area contributed by atoms with Crippen LogP contribution in [0.4, 0.5) is 10.1 Å². The van der Waals surface area contributed by atoms with Crippen molar-refractivity contribution >= 4 is 49.1 Å². The van der Waals surface area contributed by atoms with Gasteiger partial charge in [-0.3, -0.25) is 18.7 Å². The molecule has 130 valence electrons. The fourth-order valence-corrected chi connectivity index (χ4v) is 3.67. The molecule has 0 radical (unpaired) electrons. The summed E-state index contributed by atoms with van der Waals surface area (Å²) in [7, 11) is 0. The molecule has 0 saturated heterocycles. The first-order valence-corrected chi connectivity index (χ1v) is 9.05. The molecule has 6 nitrogen and oxygen atoms in total. The number of benzene rings is 1. The topological polar surface area (TPSA) is 73.1 Å². The lowest BCUT2D eigenvalue weighted by atomic mass is 10.3. The average molecular weight is 426 g/mol. The third-order valence-corrected chi connectivity index (χ3v) is 5.04. The monoisotopic (exact) mass is 425 g/mol. The number of nitrogens with zero attached hydrogens (tertiary/aromatic N) is 2. The summed E-state index contributed by atoms with van der Waals surface area (Å²) in [6, 6.07) is 5.87. The van der Waals surface area contributed by atoms with Crippen molar-refractivity contribution in [1.82, 2.24) is 9.13 Å². The van der Waals surface area contributed by atoms with E-state index in [9.17, 15) is 18.8 Å². The van der Waals surface area contributed by atoms with Crippen molar-refractivity contribution in [3.63, 3.8) is 0 Å². The zero-order valence-corrected chi connectivity index (χ0v) is 15.5. The molecule has 1 amide bonds. The Balaban J connectivity index is 1.97. The number of carbonyl (C=O) groups excluding carboxylic acids is 1. The molecule has 0 unspecified atom stereocenters. The van der Waals surface area contributed by atoms with Crippen LogP contribution in [-0.4, -0.2) is 15.0 Å². The lowest BCUT2D eigenvalue weighted by molar-refractivity contribution is -0.116. The Morgan fingerprint density at radius 2 is 2.04 bits per heavy atom. The molecule has 0 aliphatic carbocycles. The van der Waals surface area contributed by atoms with Crippen molar-refractivity contribution in [2.75, 3.05) is 5.32 Å². The van der Waals surface area contributed by atoms with Crippen LogP contribution < -0.4 is 16.6 Å². The van der Waals surface area contributed by atoms with Crippen LogP contribution in [0.5, 0.6) is 0 Å². The molecular weight excluding hydrogens is 413 g/mol. The van der Waals surface area contributed by atoms with E-state index in [1.54, 1.807) is 24.4 Å². The number of thiophene rings is 1. The molecule has 9 heteroatoms. The number of amides is 1. The van der Waals surface area contributed by atoms with E-state index in [-0.39, 0.29) is 24.3 Å². The molecule has 0 aliphatic rings. The summed E-state index contributed by atoms with van der Waals surface area (Å²) in [5, 5.41) is 4.13. The van der Waals surface area contributed by atoms with Gasteiger partial charge in [-0.2, -0.15) is 0 Å². The maximum atomic E-state index is 13.8. The van der Waals surface area contributed by atoms with Crippen molar-refractivity contribution in [2.24, 2.45) is 0 Å². The van der Waals surface area contributed by atoms with Gasteiger partial charge in [0, 0.05) is 11.0 Å². The standard InChI is InChI=1S/C16H13BrFN3O3S/c1-2-20-15(23)14-12(5-6-25-14)21(16(20)24)8-13(22)19-11-4-3-9(17)7-10(11)18/h3-7H,2,8H2,1H3,(H,19,22). The van der Waals surface area contributed by atoms with Crippen molar-refractivity contribution in [3.8, 4) is 0 Å². The molecule has 0 fully saturated rings. The Bertz CT molecular complexity index is 1090. The van der Waals surface area contributed by atoms with Gasteiger partial charge in [0.15, 0.2) is 0 Å². The molecule has 3 rings (SSSR count). The predicted molar refractivity (Wildman–Crippen MR) is 98.7 cm³/mol. The van der Waals surface area contributed by atoms with Crippen LogP contribution >= 0.6 is 27.3 Å². The van der Waals surface area contributed by atoms with Gasteiger partial charge in [-0.15, -0.1) is 11.3 Å². The van der Waals surface area contributed by atoms with Gasteiger partial charge < -0.3 is 5.32 Å². The Morgan fingerprint density at radius 1 is 1.28 bits per heavy atom. The average Bonchev–Trinajstić information content (AvgIpc) is 3.04. The van der Waals surface area contributed by atoms with Gasteiger partial charge in [0.2, 0.25) is 5.91 Å². The summed E-state index contributed by atoms with van der Waals surface area (Å²) in [5.41, 5.74) is -0.513. The van der Waals surface area contributed by atoms with Crippen molar-refractivity contribution in [2.45, 2.75) is 20.0 Å². The number of hydrogen-bond acceptors (Lipinski definition) is 4. The van der Waals surface area contributed by atoms with E-state index in [1.165, 1.54) is 28.0 Å². The number of hydrogen-bond donors (Lipinski definition) is 1. The summed E-state index contributed by atoms with van der Waals surface area (Å²) in [5.74, 6) is -1.15. The second-order valence-corrected chi connectivity index (χ2v) is 7.06. The lowest BCUT2D eigenvalue weighted by Crippen LogP contribution is -2.40. The number of carbonyl (C=O) groups is 1. The van der Waals surface area contributed by atoms with Crippen LogP contribution in [0.1, 0.15) is 6.92 Å². The smallest absolute Gasteiger partial charge is 0.322 e. The minimum Gasteiger partial charge on any atom is -0.322 e. The van der Waals surface area contributed by atoms with E-state index in [0.717, 1.165) is 4.57 Å². The maximum absolute atomic E-state index is 13.8. The van der Waals surface area contributed by atoms with Crippen molar-refractivity contribution in [3.05, 3.63) is 60.8 Å². The van der Waals surface area contributed by atoms with Crippen LogP contribution in [0.15, 0.2) is 43.7 Å². The zero-order valence-electron chi connectivity index (χ0n) is 13.1. The molecule has 2 heterocycles. The predicted octanol–water partition coefficient (Wildman–Crippen LogP) is 2.78. The van der Waals surface area contributed by atoms with Crippen LogP contribution in [0.3, 0.4) is 0 Å². The first kappa shape index (κ1) is 17.6.